The molecule has 4 rings (SSSR count). The predicted molar refractivity (Wildman–Crippen MR) is 103 cm³/mol. The number of ether oxygens (including phenoxy) is 1. The van der Waals surface area contributed by atoms with E-state index in [0.29, 0.717) is 29.1 Å². The maximum atomic E-state index is 12.6. The minimum absolute atomic E-state index is 0.0545. The lowest BCUT2D eigenvalue weighted by atomic mass is 10.1. The summed E-state index contributed by atoms with van der Waals surface area (Å²) in [7, 11) is 0. The van der Waals surface area contributed by atoms with Gasteiger partial charge in [-0.25, -0.2) is 9.78 Å². The van der Waals surface area contributed by atoms with E-state index >= 15 is 0 Å². The van der Waals surface area contributed by atoms with Crippen LogP contribution >= 0.6 is 0 Å². The Bertz CT molecular complexity index is 1030. The highest BCUT2D eigenvalue weighted by atomic mass is 16.5. The van der Waals surface area contributed by atoms with Crippen LogP contribution in [-0.4, -0.2) is 15.5 Å². The van der Waals surface area contributed by atoms with Gasteiger partial charge in [-0.2, -0.15) is 0 Å². The molecule has 0 N–H and O–H groups in total. The molecule has 0 radical (unpaired) electrons. The number of aryl methyl sites for hydroxylation is 1. The van der Waals surface area contributed by atoms with Gasteiger partial charge in [-0.3, -0.25) is 9.36 Å². The molecule has 0 bridgehead atoms. The first kappa shape index (κ1) is 17.2. The van der Waals surface area contributed by atoms with Crippen molar-refractivity contribution >= 4 is 5.97 Å². The summed E-state index contributed by atoms with van der Waals surface area (Å²) in [4.78, 5) is 29.7. The fourth-order valence-electron chi connectivity index (χ4n) is 3.35. The molecule has 0 spiro atoms. The zero-order chi connectivity index (χ0) is 18.6. The van der Waals surface area contributed by atoms with E-state index in [4.69, 9.17) is 9.72 Å². The van der Waals surface area contributed by atoms with Gasteiger partial charge >= 0.3 is 5.97 Å². The molecule has 1 aromatic heterocycles. The van der Waals surface area contributed by atoms with Gasteiger partial charge in [0, 0.05) is 24.6 Å². The van der Waals surface area contributed by atoms with E-state index in [1.807, 2.05) is 18.2 Å². The van der Waals surface area contributed by atoms with Crippen LogP contribution in [0.3, 0.4) is 0 Å². The smallest absolute Gasteiger partial charge is 0.343 e. The first-order chi connectivity index (χ1) is 13.2. The highest BCUT2D eigenvalue weighted by Crippen LogP contribution is 2.29. The number of hydrogen-bond acceptors (Lipinski definition) is 4. The van der Waals surface area contributed by atoms with E-state index in [9.17, 15) is 9.59 Å². The van der Waals surface area contributed by atoms with Crippen LogP contribution in [-0.2, 0) is 13.0 Å². The number of fused-ring (bicyclic) bond motifs is 1. The highest BCUT2D eigenvalue weighted by molar-refractivity contribution is 5.92. The summed E-state index contributed by atoms with van der Waals surface area (Å²) < 4.78 is 7.37. The molecule has 3 aromatic rings. The molecule has 2 heterocycles. The van der Waals surface area contributed by atoms with E-state index in [1.165, 1.54) is 6.07 Å². The molecule has 1 aliphatic heterocycles. The van der Waals surface area contributed by atoms with E-state index in [1.54, 1.807) is 41.0 Å². The Balaban J connectivity index is 1.71. The van der Waals surface area contributed by atoms with Crippen LogP contribution in [0.25, 0.3) is 11.3 Å². The number of carbonyl (C=O) groups is 1. The van der Waals surface area contributed by atoms with Crippen molar-refractivity contribution in [2.24, 2.45) is 0 Å². The molecule has 0 amide bonds. The Morgan fingerprint density at radius 3 is 2.59 bits per heavy atom. The predicted octanol–water partition coefficient (Wildman–Crippen LogP) is 3.86. The number of nitrogens with zero attached hydrogens (tertiary/aromatic N) is 2. The molecule has 136 valence electrons. The summed E-state index contributed by atoms with van der Waals surface area (Å²) in [6.07, 6.45) is 3.91. The molecule has 0 saturated carbocycles. The second-order valence-electron chi connectivity index (χ2n) is 6.61. The van der Waals surface area contributed by atoms with Crippen molar-refractivity contribution in [3.05, 3.63) is 82.4 Å². The van der Waals surface area contributed by atoms with Crippen molar-refractivity contribution < 1.29 is 9.53 Å². The number of aromatic nitrogens is 2. The van der Waals surface area contributed by atoms with Crippen LogP contribution in [0.15, 0.2) is 65.5 Å². The first-order valence-corrected chi connectivity index (χ1v) is 9.20. The van der Waals surface area contributed by atoms with Gasteiger partial charge in [-0.15, -0.1) is 0 Å². The zero-order valence-electron chi connectivity index (χ0n) is 14.9. The van der Waals surface area contributed by atoms with Crippen molar-refractivity contribution in [2.75, 3.05) is 0 Å². The maximum absolute atomic E-state index is 12.6. The van der Waals surface area contributed by atoms with E-state index in [0.717, 1.165) is 31.5 Å². The lowest BCUT2D eigenvalue weighted by Crippen LogP contribution is -2.24. The Hall–Kier alpha value is -3.21. The quantitative estimate of drug-likeness (QED) is 0.526. The summed E-state index contributed by atoms with van der Waals surface area (Å²) in [5.74, 6) is 0.769. The minimum Gasteiger partial charge on any atom is -0.422 e. The summed E-state index contributed by atoms with van der Waals surface area (Å²) >= 11 is 0. The van der Waals surface area contributed by atoms with Gasteiger partial charge in [0.15, 0.2) is 0 Å². The monoisotopic (exact) mass is 360 g/mol. The van der Waals surface area contributed by atoms with Gasteiger partial charge in [0.1, 0.15) is 11.6 Å². The number of esters is 1. The van der Waals surface area contributed by atoms with Gasteiger partial charge in [0.05, 0.1) is 11.3 Å². The molecule has 27 heavy (non-hydrogen) atoms. The van der Waals surface area contributed by atoms with Gasteiger partial charge < -0.3 is 4.74 Å². The van der Waals surface area contributed by atoms with Crippen molar-refractivity contribution in [1.29, 1.82) is 0 Å². The average molecular weight is 360 g/mol. The van der Waals surface area contributed by atoms with Crippen molar-refractivity contribution in [1.82, 2.24) is 9.55 Å². The first-order valence-electron chi connectivity index (χ1n) is 9.20. The minimum atomic E-state index is -0.436. The molecular formula is C22H20N2O3. The molecule has 2 aromatic carbocycles. The summed E-state index contributed by atoms with van der Waals surface area (Å²) in [6.45, 7) is 0.714. The second-order valence-corrected chi connectivity index (χ2v) is 6.61. The molecule has 0 fully saturated rings. The van der Waals surface area contributed by atoms with Crippen LogP contribution in [0.4, 0.5) is 0 Å². The molecule has 0 atom stereocenters. The van der Waals surface area contributed by atoms with E-state index in [2.05, 4.69) is 0 Å². The fraction of sp³-hybridized carbons (Fsp3) is 0.227. The van der Waals surface area contributed by atoms with Gasteiger partial charge in [-0.05, 0) is 37.1 Å². The van der Waals surface area contributed by atoms with E-state index < -0.39 is 5.97 Å². The van der Waals surface area contributed by atoms with Gasteiger partial charge in [0.2, 0.25) is 0 Å². The highest BCUT2D eigenvalue weighted by Gasteiger charge is 2.17. The second kappa shape index (κ2) is 7.58. The lowest BCUT2D eigenvalue weighted by Gasteiger charge is -2.13. The van der Waals surface area contributed by atoms with Crippen LogP contribution < -0.4 is 10.3 Å². The van der Waals surface area contributed by atoms with E-state index in [-0.39, 0.29) is 5.56 Å². The standard InChI is InChI=1S/C22H20N2O3/c25-21-15-18(23-20-13-5-2-8-14-24(20)21)17-11-6-7-12-19(17)27-22(26)16-9-3-1-4-10-16/h1,3-4,6-7,9-12,15H,2,5,8,13-14H2. The number of benzene rings is 2. The summed E-state index contributed by atoms with van der Waals surface area (Å²) in [5.41, 5.74) is 1.61. The number of carbonyl (C=O) groups excluding carboxylic acids is 1. The topological polar surface area (TPSA) is 61.2 Å². The van der Waals surface area contributed by atoms with Crippen molar-refractivity contribution in [3.8, 4) is 17.0 Å². The third-order valence-electron chi connectivity index (χ3n) is 4.74. The third kappa shape index (κ3) is 3.67. The van der Waals surface area contributed by atoms with Crippen LogP contribution in [0, 0.1) is 0 Å². The molecule has 5 heteroatoms. The number of hydrogen-bond donors (Lipinski definition) is 0. The maximum Gasteiger partial charge on any atom is 0.343 e. The molecule has 5 nitrogen and oxygen atoms in total. The lowest BCUT2D eigenvalue weighted by molar-refractivity contribution is 0.0735. The SMILES string of the molecule is O=C(Oc1ccccc1-c1cc(=O)n2c(n1)CCCCC2)c1ccccc1. The molecule has 1 aliphatic rings. The van der Waals surface area contributed by atoms with Crippen LogP contribution in [0.2, 0.25) is 0 Å². The average Bonchev–Trinajstić information content (AvgIpc) is 2.95. The summed E-state index contributed by atoms with van der Waals surface area (Å²) in [6, 6.07) is 17.6. The molecule has 0 aliphatic carbocycles. The fourth-order valence-corrected chi connectivity index (χ4v) is 3.35. The molecular weight excluding hydrogens is 340 g/mol. The number of rotatable bonds is 3. The Labute approximate surface area is 157 Å². The van der Waals surface area contributed by atoms with Gasteiger partial charge in [0.25, 0.3) is 5.56 Å². The van der Waals surface area contributed by atoms with Gasteiger partial charge in [-0.1, -0.05) is 36.8 Å². The third-order valence-corrected chi connectivity index (χ3v) is 4.74. The zero-order valence-corrected chi connectivity index (χ0v) is 14.9. The Kier molecular flexibility index (Phi) is 4.83. The largest absolute Gasteiger partial charge is 0.422 e. The Morgan fingerprint density at radius 1 is 0.963 bits per heavy atom. The van der Waals surface area contributed by atoms with Crippen molar-refractivity contribution in [3.63, 3.8) is 0 Å². The molecule has 0 saturated heterocycles. The summed E-state index contributed by atoms with van der Waals surface area (Å²) in [5, 5.41) is 0. The molecule has 0 unspecified atom stereocenters. The van der Waals surface area contributed by atoms with Crippen LogP contribution in [0.5, 0.6) is 5.75 Å². The number of para-hydroxylation sites is 1. The Morgan fingerprint density at radius 2 is 1.74 bits per heavy atom. The van der Waals surface area contributed by atoms with Crippen molar-refractivity contribution in [2.45, 2.75) is 32.2 Å². The normalized spacial score (nSPS) is 13.5. The van der Waals surface area contributed by atoms with Crippen LogP contribution in [0.1, 0.15) is 35.4 Å².